The summed E-state index contributed by atoms with van der Waals surface area (Å²) >= 11 is 0. The van der Waals surface area contributed by atoms with Gasteiger partial charge in [-0.3, -0.25) is 9.59 Å². The Balaban J connectivity index is 0.000000206. The minimum atomic E-state index is -0.942. The number of rotatable bonds is 18. The topological polar surface area (TPSA) is 169 Å². The molecule has 8 aromatic carbocycles. The van der Waals surface area contributed by atoms with Crippen LogP contribution < -0.4 is 29.6 Å². The van der Waals surface area contributed by atoms with Crippen LogP contribution in [0.4, 0.5) is 0 Å². The number of carboxylic acids is 1. The third-order valence-corrected chi connectivity index (χ3v) is 15.6. The SMILES string of the molecule is COc1ccc(CNC(=O)c2ccc3c(c2)c(C)c(C)n3Cc2ccc(-c3ccccc3C(=O)O)cc2)c(OC)c1.COc1ccc(CNC(=O)c2ccc3c(c2)c(C)c(C)n3Cc2ccc(-c3ccccc3C(=O)OC(C)(C)C)cc2)c(OC)c1. The number of ether oxygens (including phenoxy) is 5. The van der Waals surface area contributed by atoms with E-state index in [-0.39, 0.29) is 23.3 Å². The third kappa shape index (κ3) is 13.5. The second kappa shape index (κ2) is 26.2. The van der Waals surface area contributed by atoms with Gasteiger partial charge in [-0.05, 0) is 166 Å². The highest BCUT2D eigenvalue weighted by Crippen LogP contribution is 2.33. The van der Waals surface area contributed by atoms with Crippen molar-refractivity contribution in [3.63, 3.8) is 0 Å². The molecule has 0 bridgehead atoms. The van der Waals surface area contributed by atoms with E-state index in [1.165, 1.54) is 0 Å². The van der Waals surface area contributed by atoms with Gasteiger partial charge in [0.1, 0.15) is 28.6 Å². The zero-order valence-corrected chi connectivity index (χ0v) is 50.5. The number of esters is 1. The molecule has 86 heavy (non-hydrogen) atoms. The fraction of sp³-hybridized carbons (Fsp3) is 0.222. The van der Waals surface area contributed by atoms with E-state index in [0.29, 0.717) is 71.4 Å². The number of methoxy groups -OCH3 is 4. The summed E-state index contributed by atoms with van der Waals surface area (Å²) in [6.07, 6.45) is 0. The minimum Gasteiger partial charge on any atom is -0.497 e. The first kappa shape index (κ1) is 60.5. The van der Waals surface area contributed by atoms with E-state index in [2.05, 4.69) is 59.6 Å². The number of amides is 2. The van der Waals surface area contributed by atoms with Gasteiger partial charge in [-0.1, -0.05) is 84.9 Å². The first-order valence-electron chi connectivity index (χ1n) is 28.3. The van der Waals surface area contributed by atoms with Crippen LogP contribution in [0, 0.1) is 27.7 Å². The van der Waals surface area contributed by atoms with Crippen LogP contribution in [-0.2, 0) is 30.9 Å². The van der Waals surface area contributed by atoms with Crippen molar-refractivity contribution in [1.82, 2.24) is 19.8 Å². The number of hydrogen-bond acceptors (Lipinski definition) is 9. The summed E-state index contributed by atoms with van der Waals surface area (Å²) in [7, 11) is 6.40. The third-order valence-electron chi connectivity index (χ3n) is 15.6. The molecule has 10 rings (SSSR count). The lowest BCUT2D eigenvalue weighted by Gasteiger charge is -2.20. The van der Waals surface area contributed by atoms with E-state index in [0.717, 1.165) is 83.3 Å². The molecule has 0 saturated carbocycles. The van der Waals surface area contributed by atoms with Crippen LogP contribution in [-0.4, -0.2) is 72.0 Å². The number of hydrogen-bond donors (Lipinski definition) is 3. The molecule has 0 aliphatic heterocycles. The Morgan fingerprint density at radius 3 is 1.28 bits per heavy atom. The molecule has 0 unspecified atom stereocenters. The van der Waals surface area contributed by atoms with E-state index in [1.54, 1.807) is 58.8 Å². The molecule has 0 radical (unpaired) electrons. The Kier molecular flexibility index (Phi) is 18.5. The van der Waals surface area contributed by atoms with E-state index in [1.807, 2.05) is 148 Å². The van der Waals surface area contributed by atoms with Gasteiger partial charge in [0.05, 0.1) is 39.6 Å². The smallest absolute Gasteiger partial charge is 0.339 e. The maximum atomic E-state index is 13.1. The van der Waals surface area contributed by atoms with Gasteiger partial charge in [0.25, 0.3) is 11.8 Å². The zero-order chi connectivity index (χ0) is 61.4. The predicted molar refractivity (Wildman–Crippen MR) is 338 cm³/mol. The van der Waals surface area contributed by atoms with Crippen LogP contribution in [0.15, 0.2) is 170 Å². The molecule has 0 aliphatic carbocycles. The molecule has 0 spiro atoms. The average Bonchev–Trinajstić information content (AvgIpc) is 2.47. The van der Waals surface area contributed by atoms with Crippen molar-refractivity contribution in [2.24, 2.45) is 0 Å². The van der Waals surface area contributed by atoms with Crippen LogP contribution in [0.3, 0.4) is 0 Å². The average molecular weight is 1150 g/mol. The molecule has 2 aromatic heterocycles. The summed E-state index contributed by atoms with van der Waals surface area (Å²) in [4.78, 5) is 50.7. The largest absolute Gasteiger partial charge is 0.497 e. The second-order valence-corrected chi connectivity index (χ2v) is 22.1. The monoisotopic (exact) mass is 1150 g/mol. The lowest BCUT2D eigenvalue weighted by atomic mass is 9.98. The van der Waals surface area contributed by atoms with E-state index in [4.69, 9.17) is 23.7 Å². The lowest BCUT2D eigenvalue weighted by molar-refractivity contribution is 0.00699. The van der Waals surface area contributed by atoms with Gasteiger partial charge < -0.3 is 48.6 Å². The molecule has 0 aliphatic rings. The van der Waals surface area contributed by atoms with Crippen molar-refractivity contribution < 1.29 is 48.0 Å². The molecule has 0 saturated heterocycles. The molecule has 0 fully saturated rings. The molecular formula is C72H72N4O10. The fourth-order valence-electron chi connectivity index (χ4n) is 10.7. The first-order chi connectivity index (χ1) is 41.3. The number of aromatic carboxylic acids is 1. The van der Waals surface area contributed by atoms with Crippen LogP contribution in [0.25, 0.3) is 44.1 Å². The standard InChI is InChI=1S/C38H40N2O5.C34H32N2O5/c1-24-25(2)40(23-26-12-14-27(15-13-26)31-10-8-9-11-32(31)37(42)45-38(3,4)5)34-19-17-28(20-33(24)34)36(41)39-22-29-16-18-30(43-6)21-35(29)44-7;1-21-22(2)36(20-23-9-11-24(12-10-23)28-7-5-6-8-29(28)34(38)39)31-16-14-25(17-30(21)31)33(37)35-19-26-13-15-27(40-3)18-32(26)41-4/h8-21H,22-23H2,1-7H3,(H,39,41);5-18H,19-20H2,1-4H3,(H,35,37)(H,38,39). The van der Waals surface area contributed by atoms with Gasteiger partial charge in [-0.2, -0.15) is 0 Å². The van der Waals surface area contributed by atoms with Crippen molar-refractivity contribution in [3.8, 4) is 45.3 Å². The van der Waals surface area contributed by atoms with Crippen molar-refractivity contribution in [3.05, 3.63) is 237 Å². The number of benzene rings is 8. The molecule has 2 amide bonds. The Labute approximate surface area is 501 Å². The molecule has 440 valence electrons. The number of fused-ring (bicyclic) bond motifs is 2. The van der Waals surface area contributed by atoms with Crippen LogP contribution in [0.5, 0.6) is 23.0 Å². The van der Waals surface area contributed by atoms with Crippen LogP contribution >= 0.6 is 0 Å². The molecule has 0 atom stereocenters. The highest BCUT2D eigenvalue weighted by atomic mass is 16.6. The fourth-order valence-corrected chi connectivity index (χ4v) is 10.7. The van der Waals surface area contributed by atoms with E-state index >= 15 is 0 Å². The van der Waals surface area contributed by atoms with Crippen molar-refractivity contribution >= 4 is 45.6 Å². The molecule has 14 heteroatoms. The number of aromatic nitrogens is 2. The predicted octanol–water partition coefficient (Wildman–Crippen LogP) is 14.5. The Hall–Kier alpha value is -10.1. The van der Waals surface area contributed by atoms with E-state index in [9.17, 15) is 24.3 Å². The van der Waals surface area contributed by atoms with Gasteiger partial charge in [-0.15, -0.1) is 0 Å². The van der Waals surface area contributed by atoms with Gasteiger partial charge in [0.15, 0.2) is 0 Å². The van der Waals surface area contributed by atoms with Crippen molar-refractivity contribution in [2.75, 3.05) is 28.4 Å². The Morgan fingerprint density at radius 2 is 0.884 bits per heavy atom. The normalized spacial score (nSPS) is 11.2. The number of aryl methyl sites for hydroxylation is 2. The molecule has 10 aromatic rings. The summed E-state index contributed by atoms with van der Waals surface area (Å²) in [5.41, 5.74) is 15.4. The van der Waals surface area contributed by atoms with Crippen LogP contribution in [0.2, 0.25) is 0 Å². The summed E-state index contributed by atoms with van der Waals surface area (Å²) in [5.74, 6) is 1.12. The quantitative estimate of drug-likeness (QED) is 0.0703. The van der Waals surface area contributed by atoms with Gasteiger partial charge >= 0.3 is 11.9 Å². The van der Waals surface area contributed by atoms with Crippen molar-refractivity contribution in [2.45, 2.75) is 80.2 Å². The van der Waals surface area contributed by atoms with Crippen molar-refractivity contribution in [1.29, 1.82) is 0 Å². The number of carboxylic acid groups (broad SMARTS) is 1. The summed E-state index contributed by atoms with van der Waals surface area (Å²) in [5, 5.41) is 17.6. The summed E-state index contributed by atoms with van der Waals surface area (Å²) in [6.45, 7) is 16.0. The second-order valence-electron chi connectivity index (χ2n) is 22.1. The molecule has 2 heterocycles. The first-order valence-corrected chi connectivity index (χ1v) is 28.3. The molecular weight excluding hydrogens is 1080 g/mol. The molecule has 3 N–H and O–H groups in total. The number of nitrogens with zero attached hydrogens (tertiary/aromatic N) is 2. The summed E-state index contributed by atoms with van der Waals surface area (Å²) < 4.78 is 31.6. The molecule has 14 nitrogen and oxygen atoms in total. The maximum absolute atomic E-state index is 13.1. The van der Waals surface area contributed by atoms with Gasteiger partial charge in [-0.25, -0.2) is 9.59 Å². The minimum absolute atomic E-state index is 0.151. The lowest BCUT2D eigenvalue weighted by Crippen LogP contribution is -2.24. The number of carbonyl (C=O) groups is 4. The Bertz CT molecular complexity index is 4150. The van der Waals surface area contributed by atoms with Crippen LogP contribution in [0.1, 0.15) is 107 Å². The summed E-state index contributed by atoms with van der Waals surface area (Å²) in [6, 6.07) is 53.5. The maximum Gasteiger partial charge on any atom is 0.339 e. The highest BCUT2D eigenvalue weighted by molar-refractivity contribution is 6.01. The van der Waals surface area contributed by atoms with E-state index < -0.39 is 11.6 Å². The highest BCUT2D eigenvalue weighted by Gasteiger charge is 2.22. The number of carbonyl (C=O) groups excluding carboxylic acids is 3. The van der Waals surface area contributed by atoms with Gasteiger partial charge in [0.2, 0.25) is 0 Å². The Morgan fingerprint density at radius 1 is 0.477 bits per heavy atom. The zero-order valence-electron chi connectivity index (χ0n) is 50.5. The van der Waals surface area contributed by atoms with Gasteiger partial charge in [0, 0.05) is 93.8 Å². The number of nitrogens with one attached hydrogen (secondary N) is 2.